The van der Waals surface area contributed by atoms with Crippen LogP contribution < -0.4 is 9.64 Å². The van der Waals surface area contributed by atoms with Crippen LogP contribution in [0.25, 0.3) is 15.9 Å². The third kappa shape index (κ3) is 4.96. The maximum atomic E-state index is 11.1. The molecule has 0 spiro atoms. The first kappa shape index (κ1) is 22.5. The second-order valence-electron chi connectivity index (χ2n) is 8.68. The van der Waals surface area contributed by atoms with Crippen LogP contribution in [-0.2, 0) is 6.42 Å². The number of anilines is 1. The van der Waals surface area contributed by atoms with Crippen LogP contribution in [-0.4, -0.2) is 68.3 Å². The Balaban J connectivity index is 1.19. The van der Waals surface area contributed by atoms with Crippen LogP contribution in [0.1, 0.15) is 43.7 Å². The number of aryl methyl sites for hydroxylation is 1. The van der Waals surface area contributed by atoms with Crippen LogP contribution in [0.15, 0.2) is 30.7 Å². The van der Waals surface area contributed by atoms with Gasteiger partial charge in [-0.15, -0.1) is 0 Å². The molecule has 0 bridgehead atoms. The molecule has 2 aliphatic rings. The summed E-state index contributed by atoms with van der Waals surface area (Å²) in [6.07, 6.45) is 11.5. The molecule has 1 amide bonds. The highest BCUT2D eigenvalue weighted by atomic mass is 32.1. The Bertz CT molecular complexity index is 1190. The number of hydrogen-bond acceptors (Lipinski definition) is 8. The normalized spacial score (nSPS) is 17.1. The standard InChI is InChI=1S/C24H28N6O3S/c1-2-3-16-13-26-22(27-14-16)29-10-6-19(7-11-29)33-23-28-21-20(34-23)12-18(15-25-21)17-4-8-30(9-5-17)24(31)32/h4,12-15,19H,2-3,5-11H2,1H3,(H,31,32). The van der Waals surface area contributed by atoms with Crippen molar-refractivity contribution >= 4 is 39.3 Å². The number of aromatic nitrogens is 4. The molecule has 178 valence electrons. The van der Waals surface area contributed by atoms with Crippen molar-refractivity contribution in [3.05, 3.63) is 41.9 Å². The van der Waals surface area contributed by atoms with Gasteiger partial charge in [0, 0.05) is 57.6 Å². The highest BCUT2D eigenvalue weighted by molar-refractivity contribution is 7.20. The molecule has 9 nitrogen and oxygen atoms in total. The molecule has 0 aliphatic carbocycles. The summed E-state index contributed by atoms with van der Waals surface area (Å²) in [5.41, 5.74) is 4.01. The van der Waals surface area contributed by atoms with Gasteiger partial charge in [0.15, 0.2) is 5.65 Å². The van der Waals surface area contributed by atoms with Crippen LogP contribution in [0.2, 0.25) is 0 Å². The first-order valence-corrected chi connectivity index (χ1v) is 12.6. The van der Waals surface area contributed by atoms with Gasteiger partial charge in [-0.25, -0.2) is 19.7 Å². The van der Waals surface area contributed by atoms with Crippen LogP contribution >= 0.6 is 11.3 Å². The van der Waals surface area contributed by atoms with E-state index in [1.165, 1.54) is 21.8 Å². The smallest absolute Gasteiger partial charge is 0.407 e. The van der Waals surface area contributed by atoms with Crippen LogP contribution in [0.4, 0.5) is 10.7 Å². The quantitative estimate of drug-likeness (QED) is 0.558. The molecule has 0 aromatic carbocycles. The minimum atomic E-state index is -0.878. The van der Waals surface area contributed by atoms with Crippen molar-refractivity contribution in [3.63, 3.8) is 0 Å². The van der Waals surface area contributed by atoms with E-state index in [0.717, 1.165) is 60.6 Å². The van der Waals surface area contributed by atoms with E-state index in [0.29, 0.717) is 30.4 Å². The Morgan fingerprint density at radius 1 is 1.18 bits per heavy atom. The molecule has 34 heavy (non-hydrogen) atoms. The van der Waals surface area contributed by atoms with Gasteiger partial charge >= 0.3 is 6.09 Å². The molecule has 2 aliphatic heterocycles. The zero-order chi connectivity index (χ0) is 23.5. The fraction of sp³-hybridized carbons (Fsp3) is 0.458. The van der Waals surface area contributed by atoms with Gasteiger partial charge in [0.2, 0.25) is 5.95 Å². The summed E-state index contributed by atoms with van der Waals surface area (Å²) in [5.74, 6) is 0.790. The van der Waals surface area contributed by atoms with E-state index in [-0.39, 0.29) is 6.10 Å². The van der Waals surface area contributed by atoms with E-state index < -0.39 is 6.09 Å². The fourth-order valence-electron chi connectivity index (χ4n) is 4.38. The maximum Gasteiger partial charge on any atom is 0.407 e. The molecule has 5 heterocycles. The molecule has 0 unspecified atom stereocenters. The van der Waals surface area contributed by atoms with Crippen LogP contribution in [0, 0.1) is 0 Å². The summed E-state index contributed by atoms with van der Waals surface area (Å²) < 4.78 is 7.19. The zero-order valence-electron chi connectivity index (χ0n) is 19.2. The monoisotopic (exact) mass is 480 g/mol. The summed E-state index contributed by atoms with van der Waals surface area (Å²) >= 11 is 1.51. The summed E-state index contributed by atoms with van der Waals surface area (Å²) in [5, 5.41) is 9.78. The number of ether oxygens (including phenoxy) is 1. The van der Waals surface area contributed by atoms with E-state index in [1.807, 2.05) is 24.7 Å². The molecular formula is C24H28N6O3S. The van der Waals surface area contributed by atoms with E-state index in [2.05, 4.69) is 37.8 Å². The first-order valence-electron chi connectivity index (χ1n) is 11.8. The highest BCUT2D eigenvalue weighted by Crippen LogP contribution is 2.32. The molecule has 1 fully saturated rings. The molecule has 1 N–H and O–H groups in total. The van der Waals surface area contributed by atoms with Crippen molar-refractivity contribution in [2.24, 2.45) is 0 Å². The van der Waals surface area contributed by atoms with Gasteiger partial charge in [0.1, 0.15) is 6.10 Å². The number of thiazole rings is 1. The van der Waals surface area contributed by atoms with Crippen LogP contribution in [0.5, 0.6) is 5.19 Å². The summed E-state index contributed by atoms with van der Waals surface area (Å²) in [6, 6.07) is 2.08. The Kier molecular flexibility index (Phi) is 6.57. The molecule has 3 aromatic rings. The lowest BCUT2D eigenvalue weighted by atomic mass is 10.0. The molecule has 0 atom stereocenters. The Hall–Kier alpha value is -3.27. The van der Waals surface area contributed by atoms with Crippen molar-refractivity contribution in [1.29, 1.82) is 0 Å². The van der Waals surface area contributed by atoms with Crippen molar-refractivity contribution in [2.45, 2.75) is 45.1 Å². The number of piperidine rings is 1. The van der Waals surface area contributed by atoms with Gasteiger partial charge in [-0.3, -0.25) is 0 Å². The SMILES string of the molecule is CCCc1cnc(N2CCC(Oc3nc4ncc(C5=CCN(C(=O)O)CC5)cc4s3)CC2)nc1. The van der Waals surface area contributed by atoms with Crippen molar-refractivity contribution in [1.82, 2.24) is 24.8 Å². The van der Waals surface area contributed by atoms with Crippen LogP contribution in [0.3, 0.4) is 0 Å². The Labute approximate surface area is 202 Å². The molecule has 5 rings (SSSR count). The summed E-state index contributed by atoms with van der Waals surface area (Å²) in [4.78, 5) is 32.9. The maximum absolute atomic E-state index is 11.1. The number of carbonyl (C=O) groups is 1. The largest absolute Gasteiger partial charge is 0.467 e. The topological polar surface area (TPSA) is 105 Å². The third-order valence-corrected chi connectivity index (χ3v) is 7.18. The van der Waals surface area contributed by atoms with Crippen molar-refractivity contribution in [2.75, 3.05) is 31.1 Å². The number of fused-ring (bicyclic) bond motifs is 1. The average molecular weight is 481 g/mol. The lowest BCUT2D eigenvalue weighted by molar-refractivity contribution is 0.150. The predicted molar refractivity (Wildman–Crippen MR) is 131 cm³/mol. The van der Waals surface area contributed by atoms with E-state index >= 15 is 0 Å². The number of rotatable bonds is 6. The van der Waals surface area contributed by atoms with Gasteiger partial charge in [-0.05, 0) is 35.6 Å². The van der Waals surface area contributed by atoms with Gasteiger partial charge in [0.05, 0.1) is 4.70 Å². The molecule has 0 saturated carbocycles. The Morgan fingerprint density at radius 2 is 1.97 bits per heavy atom. The number of hydrogen-bond donors (Lipinski definition) is 1. The second kappa shape index (κ2) is 9.92. The summed E-state index contributed by atoms with van der Waals surface area (Å²) in [7, 11) is 0. The minimum absolute atomic E-state index is 0.110. The van der Waals surface area contributed by atoms with E-state index in [9.17, 15) is 4.79 Å². The zero-order valence-corrected chi connectivity index (χ0v) is 20.0. The third-order valence-electron chi connectivity index (χ3n) is 6.30. The molecule has 10 heteroatoms. The predicted octanol–water partition coefficient (Wildman–Crippen LogP) is 4.25. The lowest BCUT2D eigenvalue weighted by Crippen LogP contribution is -2.39. The molecule has 0 radical (unpaired) electrons. The van der Waals surface area contributed by atoms with Crippen molar-refractivity contribution in [3.8, 4) is 5.19 Å². The second-order valence-corrected chi connectivity index (χ2v) is 9.67. The lowest BCUT2D eigenvalue weighted by Gasteiger charge is -2.31. The van der Waals surface area contributed by atoms with Gasteiger partial charge < -0.3 is 19.6 Å². The van der Waals surface area contributed by atoms with Gasteiger partial charge in [-0.1, -0.05) is 30.8 Å². The number of nitrogens with zero attached hydrogens (tertiary/aromatic N) is 6. The molecular weight excluding hydrogens is 452 g/mol. The minimum Gasteiger partial charge on any atom is -0.467 e. The summed E-state index contributed by atoms with van der Waals surface area (Å²) in [6.45, 7) is 4.78. The number of carboxylic acid groups (broad SMARTS) is 1. The van der Waals surface area contributed by atoms with Gasteiger partial charge in [-0.2, -0.15) is 4.98 Å². The Morgan fingerprint density at radius 3 is 2.65 bits per heavy atom. The molecule has 3 aromatic heterocycles. The first-order chi connectivity index (χ1) is 16.6. The molecule has 1 saturated heterocycles. The number of amides is 1. The van der Waals surface area contributed by atoms with E-state index in [1.54, 1.807) is 0 Å². The van der Waals surface area contributed by atoms with Crippen molar-refractivity contribution < 1.29 is 14.6 Å². The fourth-order valence-corrected chi connectivity index (χ4v) is 5.26. The highest BCUT2D eigenvalue weighted by Gasteiger charge is 2.24. The number of pyridine rings is 1. The average Bonchev–Trinajstić information content (AvgIpc) is 3.27. The van der Waals surface area contributed by atoms with Gasteiger partial charge in [0.25, 0.3) is 5.19 Å². The van der Waals surface area contributed by atoms with E-state index in [4.69, 9.17) is 9.84 Å².